The summed E-state index contributed by atoms with van der Waals surface area (Å²) in [4.78, 5) is 37.9. The number of carboxylic acid groups (broad SMARTS) is 1. The monoisotopic (exact) mass is 374 g/mol. The van der Waals surface area contributed by atoms with Crippen LogP contribution >= 0.6 is 0 Å². The third-order valence-electron chi connectivity index (χ3n) is 6.07. The van der Waals surface area contributed by atoms with Crippen LogP contribution in [0.4, 0.5) is 8.78 Å². The maximum atomic E-state index is 13.0. The average Bonchev–Trinajstić information content (AvgIpc) is 3.04. The molecule has 2 aliphatic heterocycles. The highest BCUT2D eigenvalue weighted by atomic mass is 19.3. The second-order valence-electron chi connectivity index (χ2n) is 7.98. The molecule has 0 aromatic rings. The topological polar surface area (TPSA) is 95.9 Å². The largest absolute Gasteiger partial charge is 0.480 e. The molecule has 146 valence electrons. The molecule has 0 radical (unpaired) electrons. The molecule has 3 rings (SSSR count). The molecule has 7 nitrogen and oxygen atoms in total. The van der Waals surface area contributed by atoms with E-state index in [1.165, 1.54) is 0 Å². The van der Waals surface area contributed by atoms with Crippen LogP contribution in [0.25, 0.3) is 0 Å². The van der Waals surface area contributed by atoms with Crippen LogP contribution in [0.1, 0.15) is 26.7 Å². The number of fused-ring (bicyclic) bond motifs is 1. The minimum absolute atomic E-state index is 0.0404. The lowest BCUT2D eigenvalue weighted by molar-refractivity contribution is -0.152. The number of hydrogen-bond donors (Lipinski definition) is 2. The lowest BCUT2D eigenvalue weighted by atomic mass is 10.00. The van der Waals surface area contributed by atoms with Crippen molar-refractivity contribution in [1.29, 1.82) is 0 Å². The van der Waals surface area contributed by atoms with Gasteiger partial charge in [-0.3, -0.25) is 9.59 Å². The fraction of sp³-hybridized carbons (Fsp3) is 0.824. The van der Waals surface area contributed by atoms with Crippen molar-refractivity contribution in [1.82, 2.24) is 10.2 Å². The van der Waals surface area contributed by atoms with Gasteiger partial charge >= 0.3 is 5.97 Å². The van der Waals surface area contributed by atoms with E-state index in [4.69, 9.17) is 4.74 Å². The highest BCUT2D eigenvalue weighted by molar-refractivity contribution is 5.92. The molecule has 0 aromatic heterocycles. The first-order chi connectivity index (χ1) is 12.1. The Balaban J connectivity index is 1.73. The van der Waals surface area contributed by atoms with Gasteiger partial charge in [-0.15, -0.1) is 0 Å². The van der Waals surface area contributed by atoms with E-state index in [0.717, 1.165) is 4.90 Å². The Kier molecular flexibility index (Phi) is 4.94. The number of carbonyl (C=O) groups excluding carboxylic acids is 2. The summed E-state index contributed by atoms with van der Waals surface area (Å²) in [6, 6.07) is -2.46. The molecule has 3 fully saturated rings. The molecule has 5 atom stereocenters. The van der Waals surface area contributed by atoms with E-state index in [-0.39, 0.29) is 30.4 Å². The molecule has 0 spiro atoms. The number of aliphatic carboxylic acids is 1. The Morgan fingerprint density at radius 1 is 1.35 bits per heavy atom. The third kappa shape index (κ3) is 3.28. The third-order valence-corrected chi connectivity index (χ3v) is 6.07. The SMILES string of the molecule is CC1(C)[C@@H]2[C@@H](C(=O)O)N(C(=O)C(CC(F)F)NC(=O)[C@@H]3CCOC3)C[C@@H]21. The zero-order valence-corrected chi connectivity index (χ0v) is 14.8. The zero-order chi connectivity index (χ0) is 19.2. The number of amides is 2. The number of rotatable bonds is 6. The van der Waals surface area contributed by atoms with Crippen LogP contribution in [0.15, 0.2) is 0 Å². The number of carbonyl (C=O) groups is 3. The van der Waals surface area contributed by atoms with Crippen LogP contribution in [0, 0.1) is 23.2 Å². The van der Waals surface area contributed by atoms with Crippen molar-refractivity contribution in [2.24, 2.45) is 23.2 Å². The second kappa shape index (κ2) is 6.75. The van der Waals surface area contributed by atoms with E-state index >= 15 is 0 Å². The first kappa shape index (κ1) is 19.0. The number of carboxylic acids is 1. The van der Waals surface area contributed by atoms with E-state index in [1.54, 1.807) is 0 Å². The van der Waals surface area contributed by atoms with Crippen LogP contribution in [-0.4, -0.2) is 66.1 Å². The Morgan fingerprint density at radius 2 is 2.04 bits per heavy atom. The van der Waals surface area contributed by atoms with Crippen LogP contribution in [0.2, 0.25) is 0 Å². The van der Waals surface area contributed by atoms with Gasteiger partial charge in [0.2, 0.25) is 18.2 Å². The number of halogens is 2. The molecule has 2 N–H and O–H groups in total. The summed E-state index contributed by atoms with van der Waals surface area (Å²) < 4.78 is 31.0. The molecule has 26 heavy (non-hydrogen) atoms. The predicted molar refractivity (Wildman–Crippen MR) is 85.4 cm³/mol. The first-order valence-corrected chi connectivity index (χ1v) is 8.84. The van der Waals surface area contributed by atoms with Crippen LogP contribution in [-0.2, 0) is 19.1 Å². The molecule has 1 aliphatic carbocycles. The highest BCUT2D eigenvalue weighted by Gasteiger charge is 2.69. The van der Waals surface area contributed by atoms with Gasteiger partial charge in [0, 0.05) is 25.5 Å². The van der Waals surface area contributed by atoms with E-state index in [9.17, 15) is 28.3 Å². The van der Waals surface area contributed by atoms with Crippen LogP contribution in [0.3, 0.4) is 0 Å². The van der Waals surface area contributed by atoms with Gasteiger partial charge in [-0.1, -0.05) is 13.8 Å². The Hall–Kier alpha value is -1.77. The van der Waals surface area contributed by atoms with Gasteiger partial charge in [-0.05, 0) is 17.8 Å². The Morgan fingerprint density at radius 3 is 2.58 bits per heavy atom. The number of likely N-dealkylation sites (tertiary alicyclic amines) is 1. The molecule has 2 heterocycles. The predicted octanol–water partition coefficient (Wildman–Crippen LogP) is 0.731. The van der Waals surface area contributed by atoms with Gasteiger partial charge in [0.15, 0.2) is 0 Å². The summed E-state index contributed by atoms with van der Waals surface area (Å²) in [5.41, 5.74) is -0.178. The molecule has 0 aromatic carbocycles. The van der Waals surface area contributed by atoms with Crippen molar-refractivity contribution >= 4 is 17.8 Å². The average molecular weight is 374 g/mol. The molecule has 9 heteroatoms. The van der Waals surface area contributed by atoms with Crippen LogP contribution < -0.4 is 5.32 Å². The lowest BCUT2D eigenvalue weighted by Crippen LogP contribution is -2.55. The van der Waals surface area contributed by atoms with E-state index in [1.807, 2.05) is 13.8 Å². The fourth-order valence-corrected chi connectivity index (χ4v) is 4.43. The second-order valence-corrected chi connectivity index (χ2v) is 7.98. The van der Waals surface area contributed by atoms with Crippen molar-refractivity contribution in [3.05, 3.63) is 0 Å². The summed E-state index contributed by atoms with van der Waals surface area (Å²) in [5.74, 6) is -2.99. The fourth-order valence-electron chi connectivity index (χ4n) is 4.43. The van der Waals surface area contributed by atoms with E-state index < -0.39 is 48.6 Å². The van der Waals surface area contributed by atoms with Crippen molar-refractivity contribution in [2.45, 2.75) is 45.2 Å². The van der Waals surface area contributed by atoms with Gasteiger partial charge in [0.1, 0.15) is 12.1 Å². The number of ether oxygens (including phenoxy) is 1. The first-order valence-electron chi connectivity index (χ1n) is 8.84. The van der Waals surface area contributed by atoms with Crippen LogP contribution in [0.5, 0.6) is 0 Å². The molecule has 1 unspecified atom stereocenters. The Labute approximate surface area is 150 Å². The molecule has 3 aliphatic rings. The molecule has 1 saturated carbocycles. The standard InChI is InChI=1S/C17H24F2N2O5/c1-17(2)9-6-21(13(12(9)17)16(24)25)15(23)10(5-11(18)19)20-14(22)8-3-4-26-7-8/h8-13H,3-7H2,1-2H3,(H,20,22)(H,24,25)/t8-,9+,10?,12+,13+/m1/s1. The molecule has 0 bridgehead atoms. The number of hydrogen-bond acceptors (Lipinski definition) is 4. The molecule has 2 saturated heterocycles. The van der Waals surface area contributed by atoms with Crippen molar-refractivity contribution in [2.75, 3.05) is 19.8 Å². The summed E-state index contributed by atoms with van der Waals surface area (Å²) in [7, 11) is 0. The molecule has 2 amide bonds. The summed E-state index contributed by atoms with van der Waals surface area (Å²) >= 11 is 0. The molecular weight excluding hydrogens is 350 g/mol. The quantitative estimate of drug-likeness (QED) is 0.715. The van der Waals surface area contributed by atoms with E-state index in [2.05, 4.69) is 5.32 Å². The number of nitrogens with zero attached hydrogens (tertiary/aromatic N) is 1. The highest BCUT2D eigenvalue weighted by Crippen LogP contribution is 2.64. The smallest absolute Gasteiger partial charge is 0.326 e. The summed E-state index contributed by atoms with van der Waals surface area (Å²) in [6.07, 6.45) is -3.15. The van der Waals surface area contributed by atoms with Gasteiger partial charge in [-0.2, -0.15) is 0 Å². The van der Waals surface area contributed by atoms with Gasteiger partial charge in [0.25, 0.3) is 0 Å². The lowest BCUT2D eigenvalue weighted by Gasteiger charge is -2.31. The Bertz CT molecular complexity index is 606. The number of piperidine rings is 1. The van der Waals surface area contributed by atoms with Crippen molar-refractivity contribution < 1.29 is 33.0 Å². The minimum atomic E-state index is -2.79. The van der Waals surface area contributed by atoms with E-state index in [0.29, 0.717) is 13.0 Å². The summed E-state index contributed by atoms with van der Waals surface area (Å²) in [6.45, 7) is 4.71. The normalized spacial score (nSPS) is 33.0. The minimum Gasteiger partial charge on any atom is -0.480 e. The summed E-state index contributed by atoms with van der Waals surface area (Å²) in [5, 5.41) is 11.9. The number of nitrogens with one attached hydrogen (secondary N) is 1. The van der Waals surface area contributed by atoms with Crippen molar-refractivity contribution in [3.8, 4) is 0 Å². The number of alkyl halides is 2. The van der Waals surface area contributed by atoms with Gasteiger partial charge < -0.3 is 20.1 Å². The van der Waals surface area contributed by atoms with Gasteiger partial charge in [0.05, 0.1) is 12.5 Å². The van der Waals surface area contributed by atoms with Crippen molar-refractivity contribution in [3.63, 3.8) is 0 Å². The molecular formula is C17H24F2N2O5. The maximum Gasteiger partial charge on any atom is 0.326 e. The maximum absolute atomic E-state index is 13.0. The van der Waals surface area contributed by atoms with Gasteiger partial charge in [-0.25, -0.2) is 13.6 Å². The zero-order valence-electron chi connectivity index (χ0n) is 14.8.